The number of hydrogen-bond donors (Lipinski definition) is 1. The van der Waals surface area contributed by atoms with Crippen LogP contribution in [0.2, 0.25) is 0 Å². The van der Waals surface area contributed by atoms with Crippen LogP contribution in [0.25, 0.3) is 22.2 Å². The number of aromatic nitrogens is 2. The number of fused-ring (bicyclic) bond motifs is 1. The van der Waals surface area contributed by atoms with E-state index >= 15 is 0 Å². The lowest BCUT2D eigenvalue weighted by atomic mass is 10.0. The first kappa shape index (κ1) is 19.5. The smallest absolute Gasteiger partial charge is 0.356 e. The Morgan fingerprint density at radius 2 is 1.67 bits per heavy atom. The van der Waals surface area contributed by atoms with Crippen LogP contribution >= 0.6 is 0 Å². The fourth-order valence-corrected chi connectivity index (χ4v) is 3.59. The lowest BCUT2D eigenvalue weighted by Crippen LogP contribution is -2.06. The highest BCUT2D eigenvalue weighted by atomic mass is 16.5. The van der Waals surface area contributed by atoms with Crippen LogP contribution < -0.4 is 9.47 Å². The molecule has 30 heavy (non-hydrogen) atoms. The predicted molar refractivity (Wildman–Crippen MR) is 115 cm³/mol. The number of methoxy groups -OCH3 is 3. The summed E-state index contributed by atoms with van der Waals surface area (Å²) in [5.74, 6) is 0.856. The molecule has 0 fully saturated rings. The third-order valence-electron chi connectivity index (χ3n) is 5.03. The Bertz CT molecular complexity index is 1200. The summed E-state index contributed by atoms with van der Waals surface area (Å²) in [5, 5.41) is 1.01. The molecule has 1 N–H and O–H groups in total. The van der Waals surface area contributed by atoms with E-state index in [0.717, 1.165) is 33.4 Å². The minimum atomic E-state index is -0.453. The molecule has 0 amide bonds. The zero-order chi connectivity index (χ0) is 21.1. The average molecular weight is 402 g/mol. The maximum absolute atomic E-state index is 11.9. The Morgan fingerprint density at radius 3 is 2.37 bits per heavy atom. The minimum absolute atomic E-state index is 0.287. The van der Waals surface area contributed by atoms with Crippen molar-refractivity contribution in [1.29, 1.82) is 0 Å². The molecular formula is C24H22N2O4. The number of nitrogens with zero attached hydrogens (tertiary/aromatic N) is 1. The van der Waals surface area contributed by atoms with Crippen molar-refractivity contribution in [1.82, 2.24) is 9.97 Å². The summed E-state index contributed by atoms with van der Waals surface area (Å²) in [6.07, 6.45) is 0.532. The van der Waals surface area contributed by atoms with Gasteiger partial charge in [0.1, 0.15) is 5.69 Å². The molecule has 152 valence electrons. The van der Waals surface area contributed by atoms with Crippen LogP contribution in [0.5, 0.6) is 11.5 Å². The number of nitrogens with one attached hydrogen (secondary N) is 1. The van der Waals surface area contributed by atoms with Gasteiger partial charge in [-0.3, -0.25) is 0 Å². The molecule has 0 radical (unpaired) electrons. The van der Waals surface area contributed by atoms with Crippen molar-refractivity contribution in [3.8, 4) is 22.8 Å². The van der Waals surface area contributed by atoms with E-state index in [2.05, 4.69) is 22.1 Å². The van der Waals surface area contributed by atoms with Gasteiger partial charge < -0.3 is 19.2 Å². The van der Waals surface area contributed by atoms with Crippen LogP contribution in [0.1, 0.15) is 21.7 Å². The fourth-order valence-electron chi connectivity index (χ4n) is 3.59. The summed E-state index contributed by atoms with van der Waals surface area (Å²) in [5.41, 5.74) is 5.11. The number of aromatic amines is 1. The summed E-state index contributed by atoms with van der Waals surface area (Å²) in [6.45, 7) is 0. The van der Waals surface area contributed by atoms with Gasteiger partial charge in [0.25, 0.3) is 0 Å². The number of carbonyl (C=O) groups excluding carboxylic acids is 1. The number of rotatable bonds is 6. The van der Waals surface area contributed by atoms with Crippen LogP contribution in [0, 0.1) is 0 Å². The van der Waals surface area contributed by atoms with Crippen molar-refractivity contribution >= 4 is 16.9 Å². The molecule has 6 heteroatoms. The molecule has 4 rings (SSSR count). The lowest BCUT2D eigenvalue weighted by Gasteiger charge is -2.09. The maximum atomic E-state index is 11.9. The Kier molecular flexibility index (Phi) is 5.39. The van der Waals surface area contributed by atoms with Gasteiger partial charge in [0.15, 0.2) is 11.5 Å². The van der Waals surface area contributed by atoms with E-state index in [0.29, 0.717) is 17.9 Å². The SMILES string of the molecule is COC(=O)c1cccc(Cc2c(-c3ccccc3)[nH]c3cc(OC)c(OC)cc23)n1. The highest BCUT2D eigenvalue weighted by Gasteiger charge is 2.18. The Labute approximate surface area is 174 Å². The van der Waals surface area contributed by atoms with E-state index < -0.39 is 5.97 Å². The summed E-state index contributed by atoms with van der Waals surface area (Å²) in [4.78, 5) is 19.9. The molecule has 0 unspecified atom stereocenters. The third-order valence-corrected chi connectivity index (χ3v) is 5.03. The standard InChI is InChI=1S/C24H22N2O4/c1-28-21-13-17-18(12-16-10-7-11-19(25-16)24(27)30-3)23(15-8-5-4-6-9-15)26-20(17)14-22(21)29-2/h4-11,13-14,26H,12H2,1-3H3. The average Bonchev–Trinajstić information content (AvgIpc) is 3.15. The number of pyridine rings is 1. The summed E-state index contributed by atoms with van der Waals surface area (Å²) in [7, 11) is 4.59. The number of hydrogen-bond acceptors (Lipinski definition) is 5. The number of ether oxygens (including phenoxy) is 3. The Hall–Kier alpha value is -3.80. The second-order valence-electron chi connectivity index (χ2n) is 6.78. The Balaban J connectivity index is 1.89. The fraction of sp³-hybridized carbons (Fsp3) is 0.167. The van der Waals surface area contributed by atoms with Crippen LogP contribution in [-0.2, 0) is 11.2 Å². The van der Waals surface area contributed by atoms with Gasteiger partial charge >= 0.3 is 5.97 Å². The van der Waals surface area contributed by atoms with Crippen LogP contribution in [0.15, 0.2) is 60.7 Å². The highest BCUT2D eigenvalue weighted by Crippen LogP contribution is 2.38. The largest absolute Gasteiger partial charge is 0.493 e. The van der Waals surface area contributed by atoms with Gasteiger partial charge in [-0.05, 0) is 29.3 Å². The van der Waals surface area contributed by atoms with E-state index in [1.54, 1.807) is 20.3 Å². The molecule has 0 saturated carbocycles. The van der Waals surface area contributed by atoms with Gasteiger partial charge in [-0.2, -0.15) is 0 Å². The topological polar surface area (TPSA) is 73.4 Å². The normalized spacial score (nSPS) is 10.8. The quantitative estimate of drug-likeness (QED) is 0.476. The van der Waals surface area contributed by atoms with Gasteiger partial charge in [-0.15, -0.1) is 0 Å². The van der Waals surface area contributed by atoms with Crippen molar-refractivity contribution in [2.24, 2.45) is 0 Å². The first-order valence-electron chi connectivity index (χ1n) is 9.50. The van der Waals surface area contributed by atoms with Crippen molar-refractivity contribution in [2.45, 2.75) is 6.42 Å². The number of carbonyl (C=O) groups is 1. The second kappa shape index (κ2) is 8.29. The zero-order valence-corrected chi connectivity index (χ0v) is 17.1. The molecule has 6 nitrogen and oxygen atoms in total. The first-order chi connectivity index (χ1) is 14.6. The van der Waals surface area contributed by atoms with E-state index in [1.165, 1.54) is 7.11 Å². The lowest BCUT2D eigenvalue weighted by molar-refractivity contribution is 0.0593. The maximum Gasteiger partial charge on any atom is 0.356 e. The Morgan fingerprint density at radius 1 is 0.933 bits per heavy atom. The summed E-state index contributed by atoms with van der Waals surface area (Å²) >= 11 is 0. The van der Waals surface area contributed by atoms with E-state index in [4.69, 9.17) is 14.2 Å². The number of benzene rings is 2. The van der Waals surface area contributed by atoms with Gasteiger partial charge in [0, 0.05) is 23.6 Å². The van der Waals surface area contributed by atoms with E-state index in [-0.39, 0.29) is 5.69 Å². The van der Waals surface area contributed by atoms with Crippen LogP contribution in [0.4, 0.5) is 0 Å². The molecule has 2 aromatic carbocycles. The van der Waals surface area contributed by atoms with Crippen molar-refractivity contribution in [2.75, 3.05) is 21.3 Å². The summed E-state index contributed by atoms with van der Waals surface area (Å²) in [6, 6.07) is 19.4. The van der Waals surface area contributed by atoms with Crippen molar-refractivity contribution in [3.63, 3.8) is 0 Å². The molecular weight excluding hydrogens is 380 g/mol. The zero-order valence-electron chi connectivity index (χ0n) is 17.1. The van der Waals surface area contributed by atoms with Crippen molar-refractivity contribution in [3.05, 3.63) is 77.6 Å². The third kappa shape index (κ3) is 3.59. The minimum Gasteiger partial charge on any atom is -0.493 e. The molecule has 4 aromatic rings. The molecule has 0 bridgehead atoms. The van der Waals surface area contributed by atoms with E-state index in [1.807, 2.05) is 42.5 Å². The van der Waals surface area contributed by atoms with Crippen LogP contribution in [-0.4, -0.2) is 37.3 Å². The molecule has 2 aromatic heterocycles. The molecule has 0 aliphatic heterocycles. The van der Waals surface area contributed by atoms with Gasteiger partial charge in [0.2, 0.25) is 0 Å². The monoisotopic (exact) mass is 402 g/mol. The van der Waals surface area contributed by atoms with Gasteiger partial charge in [0.05, 0.1) is 32.5 Å². The first-order valence-corrected chi connectivity index (χ1v) is 9.50. The highest BCUT2D eigenvalue weighted by molar-refractivity contribution is 5.93. The molecule has 0 aliphatic rings. The predicted octanol–water partition coefficient (Wildman–Crippen LogP) is 4.62. The molecule has 2 heterocycles. The molecule has 0 spiro atoms. The van der Waals surface area contributed by atoms with E-state index in [9.17, 15) is 4.79 Å². The van der Waals surface area contributed by atoms with Gasteiger partial charge in [-0.1, -0.05) is 36.4 Å². The number of H-pyrrole nitrogens is 1. The second-order valence-corrected chi connectivity index (χ2v) is 6.78. The van der Waals surface area contributed by atoms with Crippen LogP contribution in [0.3, 0.4) is 0 Å². The number of esters is 1. The van der Waals surface area contributed by atoms with Gasteiger partial charge in [-0.25, -0.2) is 9.78 Å². The molecule has 0 aliphatic carbocycles. The summed E-state index contributed by atoms with van der Waals surface area (Å²) < 4.78 is 15.8. The van der Waals surface area contributed by atoms with Crippen molar-refractivity contribution < 1.29 is 19.0 Å². The molecule has 0 atom stereocenters. The molecule has 0 saturated heterocycles.